The van der Waals surface area contributed by atoms with Crippen LogP contribution < -0.4 is 0 Å². The van der Waals surface area contributed by atoms with Gasteiger partial charge in [-0.25, -0.2) is 0 Å². The van der Waals surface area contributed by atoms with E-state index in [1.807, 2.05) is 0 Å². The van der Waals surface area contributed by atoms with Crippen LogP contribution in [0, 0.1) is 11.8 Å². The highest BCUT2D eigenvalue weighted by molar-refractivity contribution is 4.88. The molecule has 52 valence electrons. The molecule has 1 heterocycles. The maximum atomic E-state index is 9.27. The Labute approximate surface area is 54.8 Å². The molecule has 2 unspecified atom stereocenters. The molecule has 1 saturated carbocycles. The van der Waals surface area contributed by atoms with E-state index in [0.29, 0.717) is 12.5 Å². The molecule has 2 nitrogen and oxygen atoms in total. The zero-order chi connectivity index (χ0) is 6.27. The summed E-state index contributed by atoms with van der Waals surface area (Å²) < 4.78 is 5.12. The highest BCUT2D eigenvalue weighted by Crippen LogP contribution is 2.40. The van der Waals surface area contributed by atoms with Crippen molar-refractivity contribution in [3.63, 3.8) is 0 Å². The van der Waals surface area contributed by atoms with E-state index in [4.69, 9.17) is 4.74 Å². The second-order valence-electron chi connectivity index (χ2n) is 3.11. The Kier molecular flexibility index (Phi) is 1.24. The summed E-state index contributed by atoms with van der Waals surface area (Å²) in [6, 6.07) is 0. The van der Waals surface area contributed by atoms with Gasteiger partial charge in [0.1, 0.15) is 0 Å². The Morgan fingerprint density at radius 1 is 1.22 bits per heavy atom. The van der Waals surface area contributed by atoms with Gasteiger partial charge in [0.05, 0.1) is 19.3 Å². The van der Waals surface area contributed by atoms with Crippen LogP contribution >= 0.6 is 0 Å². The number of hydrogen-bond acceptors (Lipinski definition) is 2. The van der Waals surface area contributed by atoms with Crippen LogP contribution in [0.1, 0.15) is 12.8 Å². The van der Waals surface area contributed by atoms with Crippen LogP contribution in [0.15, 0.2) is 0 Å². The molecule has 2 fully saturated rings. The summed E-state index contributed by atoms with van der Waals surface area (Å²) in [6.07, 6.45) is 2.47. The molecule has 1 aliphatic heterocycles. The first-order valence-electron chi connectivity index (χ1n) is 3.64. The van der Waals surface area contributed by atoms with Crippen molar-refractivity contribution in [2.75, 3.05) is 13.2 Å². The van der Waals surface area contributed by atoms with Gasteiger partial charge in [-0.1, -0.05) is 0 Å². The van der Waals surface area contributed by atoms with E-state index in [1.165, 1.54) is 12.8 Å². The molecule has 2 heteroatoms. The van der Waals surface area contributed by atoms with Gasteiger partial charge in [0.15, 0.2) is 0 Å². The Morgan fingerprint density at radius 3 is 2.44 bits per heavy atom. The molecule has 9 heavy (non-hydrogen) atoms. The fourth-order valence-corrected chi connectivity index (χ4v) is 1.53. The largest absolute Gasteiger partial charge is 0.390 e. The van der Waals surface area contributed by atoms with Gasteiger partial charge in [-0.3, -0.25) is 0 Å². The lowest BCUT2D eigenvalue weighted by Gasteiger charge is -2.08. The summed E-state index contributed by atoms with van der Waals surface area (Å²) in [4.78, 5) is 0. The molecule has 2 rings (SSSR count). The molecule has 0 aromatic heterocycles. The molecular weight excluding hydrogens is 116 g/mol. The lowest BCUT2D eigenvalue weighted by Crippen LogP contribution is -2.19. The Morgan fingerprint density at radius 2 is 2.00 bits per heavy atom. The van der Waals surface area contributed by atoms with Crippen LogP contribution in [0.2, 0.25) is 0 Å². The molecule has 0 aromatic rings. The molecule has 2 atom stereocenters. The third-order valence-electron chi connectivity index (χ3n) is 2.32. The van der Waals surface area contributed by atoms with E-state index >= 15 is 0 Å². The Bertz CT molecular complexity index is 109. The lowest BCUT2D eigenvalue weighted by molar-refractivity contribution is 0.115. The summed E-state index contributed by atoms with van der Waals surface area (Å²) >= 11 is 0. The van der Waals surface area contributed by atoms with Crippen molar-refractivity contribution >= 4 is 0 Å². The normalized spacial score (nSPS) is 43.7. The zero-order valence-electron chi connectivity index (χ0n) is 5.42. The molecule has 1 aliphatic carbocycles. The number of hydrogen-bond donors (Lipinski definition) is 1. The molecule has 0 radical (unpaired) electrons. The predicted molar refractivity (Wildman–Crippen MR) is 33.0 cm³/mol. The fourth-order valence-electron chi connectivity index (χ4n) is 1.53. The summed E-state index contributed by atoms with van der Waals surface area (Å²) in [5.41, 5.74) is 0. The van der Waals surface area contributed by atoms with Crippen molar-refractivity contribution in [1.29, 1.82) is 0 Å². The third-order valence-corrected chi connectivity index (χ3v) is 2.32. The highest BCUT2D eigenvalue weighted by Gasteiger charge is 2.39. The van der Waals surface area contributed by atoms with E-state index in [0.717, 1.165) is 12.5 Å². The van der Waals surface area contributed by atoms with Crippen LogP contribution in [0.25, 0.3) is 0 Å². The monoisotopic (exact) mass is 128 g/mol. The highest BCUT2D eigenvalue weighted by atomic mass is 16.5. The molecule has 1 N–H and O–H groups in total. The van der Waals surface area contributed by atoms with Crippen molar-refractivity contribution in [3.05, 3.63) is 0 Å². The van der Waals surface area contributed by atoms with Crippen LogP contribution in [0.4, 0.5) is 0 Å². The summed E-state index contributed by atoms with van der Waals surface area (Å²) in [5.74, 6) is 1.27. The molecule has 0 aromatic carbocycles. The van der Waals surface area contributed by atoms with Crippen LogP contribution in [-0.2, 0) is 4.74 Å². The van der Waals surface area contributed by atoms with E-state index < -0.39 is 0 Å². The van der Waals surface area contributed by atoms with Crippen LogP contribution in [-0.4, -0.2) is 24.4 Å². The second kappa shape index (κ2) is 1.96. The Balaban J connectivity index is 1.93. The average molecular weight is 128 g/mol. The molecule has 0 amide bonds. The smallest absolute Gasteiger partial charge is 0.0826 e. The standard InChI is InChI=1S/C7H12O2/c8-7-4-9-3-6(7)5-1-2-5/h5-8H,1-4H2. The first-order valence-corrected chi connectivity index (χ1v) is 3.64. The van der Waals surface area contributed by atoms with Crippen molar-refractivity contribution in [2.24, 2.45) is 11.8 Å². The third kappa shape index (κ3) is 0.970. The maximum absolute atomic E-state index is 9.27. The van der Waals surface area contributed by atoms with Crippen molar-refractivity contribution in [1.82, 2.24) is 0 Å². The molecule has 0 spiro atoms. The maximum Gasteiger partial charge on any atom is 0.0826 e. The van der Waals surface area contributed by atoms with E-state index in [2.05, 4.69) is 0 Å². The van der Waals surface area contributed by atoms with Crippen molar-refractivity contribution in [3.8, 4) is 0 Å². The van der Waals surface area contributed by atoms with E-state index in [-0.39, 0.29) is 6.10 Å². The van der Waals surface area contributed by atoms with Gasteiger partial charge in [-0.2, -0.15) is 0 Å². The average Bonchev–Trinajstić information content (AvgIpc) is 2.58. The van der Waals surface area contributed by atoms with Gasteiger partial charge in [-0.05, 0) is 18.8 Å². The van der Waals surface area contributed by atoms with Crippen LogP contribution in [0.5, 0.6) is 0 Å². The summed E-state index contributed by atoms with van der Waals surface area (Å²) in [5, 5.41) is 9.27. The van der Waals surface area contributed by atoms with Crippen LogP contribution in [0.3, 0.4) is 0 Å². The minimum Gasteiger partial charge on any atom is -0.390 e. The molecule has 2 aliphatic rings. The quantitative estimate of drug-likeness (QED) is 0.554. The Hall–Kier alpha value is -0.0800. The van der Waals surface area contributed by atoms with Gasteiger partial charge in [-0.15, -0.1) is 0 Å². The summed E-state index contributed by atoms with van der Waals surface area (Å²) in [7, 11) is 0. The molecular formula is C7H12O2. The number of aliphatic hydroxyl groups is 1. The van der Waals surface area contributed by atoms with E-state index in [1.54, 1.807) is 0 Å². The first kappa shape index (κ1) is 5.69. The fraction of sp³-hybridized carbons (Fsp3) is 1.00. The van der Waals surface area contributed by atoms with Gasteiger partial charge < -0.3 is 9.84 Å². The van der Waals surface area contributed by atoms with E-state index in [9.17, 15) is 5.11 Å². The molecule has 1 saturated heterocycles. The summed E-state index contributed by atoms with van der Waals surface area (Å²) in [6.45, 7) is 1.37. The number of ether oxygens (including phenoxy) is 1. The van der Waals surface area contributed by atoms with Crippen molar-refractivity contribution in [2.45, 2.75) is 18.9 Å². The lowest BCUT2D eigenvalue weighted by atomic mass is 10.0. The van der Waals surface area contributed by atoms with Gasteiger partial charge in [0.25, 0.3) is 0 Å². The SMILES string of the molecule is OC1COCC1C1CC1. The minimum absolute atomic E-state index is 0.155. The first-order chi connectivity index (χ1) is 4.38. The van der Waals surface area contributed by atoms with Gasteiger partial charge in [0.2, 0.25) is 0 Å². The topological polar surface area (TPSA) is 29.5 Å². The van der Waals surface area contributed by atoms with Gasteiger partial charge >= 0.3 is 0 Å². The number of aliphatic hydroxyl groups excluding tert-OH is 1. The predicted octanol–water partition coefficient (Wildman–Crippen LogP) is 0.404. The van der Waals surface area contributed by atoms with Gasteiger partial charge in [0, 0.05) is 5.92 Å². The van der Waals surface area contributed by atoms with Crippen molar-refractivity contribution < 1.29 is 9.84 Å². The second-order valence-corrected chi connectivity index (χ2v) is 3.11. The molecule has 0 bridgehead atoms. The zero-order valence-corrected chi connectivity index (χ0v) is 5.42. The minimum atomic E-state index is -0.155. The number of rotatable bonds is 1.